The Balaban J connectivity index is 0.000000156. The number of rotatable bonds is 9. The molecule has 6 aromatic rings. The number of aryl methyl sites for hydroxylation is 7. The predicted molar refractivity (Wildman–Crippen MR) is 259 cm³/mol. The van der Waals surface area contributed by atoms with Crippen LogP contribution in [0.5, 0.6) is 40.2 Å². The third-order valence-electron chi connectivity index (χ3n) is 13.4. The lowest BCUT2D eigenvalue weighted by Crippen LogP contribution is -3.00. The van der Waals surface area contributed by atoms with E-state index < -0.39 is 0 Å². The molecule has 0 amide bonds. The Morgan fingerprint density at radius 3 is 1.78 bits per heavy atom. The van der Waals surface area contributed by atoms with Gasteiger partial charge < -0.3 is 61.7 Å². The van der Waals surface area contributed by atoms with Gasteiger partial charge in [-0.1, -0.05) is 47.5 Å². The van der Waals surface area contributed by atoms with Gasteiger partial charge in [0.1, 0.15) is 0 Å². The minimum Gasteiger partial charge on any atom is -1.00 e. The van der Waals surface area contributed by atoms with E-state index in [2.05, 4.69) is 69.9 Å². The van der Waals surface area contributed by atoms with Crippen molar-refractivity contribution in [3.05, 3.63) is 163 Å². The van der Waals surface area contributed by atoms with Gasteiger partial charge in [-0.25, -0.2) is 0 Å². The van der Waals surface area contributed by atoms with Crippen molar-refractivity contribution in [1.29, 1.82) is 0 Å². The maximum Gasteiger partial charge on any atom is 0.231 e. The standard InChI is InChI=1S/C28H25ClNO4.C27H22ClNO4.HI/c1-31-24-10-9-20-21(8-5-17-3-6-19(29)7-4-17)27-22-14-26-25(33-16-34-26)13-18(22)11-12-30(27)15-23(20)28(24)32-2;1-31-23-9-8-19-20(7-4-16-2-5-18(28)6-3-16)26-21-13-25-24(32-15-33-25)12-17(21)10-11-29(26)14-22(19)27(23)30;/h3-4,6-7,9-10,13-15H,5,8,11-12,16H2,1-2H3;2-3,5-6,8-9,12-14H,4,7,10-11,15H2,1H3;1H/q+1;;/p-1. The summed E-state index contributed by atoms with van der Waals surface area (Å²) in [6.07, 6.45) is 9.37. The molecule has 6 aliphatic rings. The van der Waals surface area contributed by atoms with Crippen molar-refractivity contribution in [3.8, 4) is 73.9 Å². The van der Waals surface area contributed by atoms with Crippen molar-refractivity contribution < 1.29 is 61.7 Å². The smallest absolute Gasteiger partial charge is 0.231 e. The Kier molecular flexibility index (Phi) is 12.8. The molecule has 6 heterocycles. The van der Waals surface area contributed by atoms with Crippen LogP contribution in [-0.2, 0) is 51.6 Å². The third kappa shape index (κ3) is 8.32. The van der Waals surface area contributed by atoms with E-state index in [1.807, 2.05) is 42.6 Å². The molecular weight excluding hydrogens is 1010 g/mol. The third-order valence-corrected chi connectivity index (χ3v) is 13.9. The summed E-state index contributed by atoms with van der Waals surface area (Å²) in [5, 5.41) is 3.71. The van der Waals surface area contributed by atoms with Gasteiger partial charge in [0, 0.05) is 51.3 Å². The lowest BCUT2D eigenvalue weighted by molar-refractivity contribution is -0.686. The molecule has 68 heavy (non-hydrogen) atoms. The van der Waals surface area contributed by atoms with E-state index in [4.69, 9.17) is 56.4 Å². The van der Waals surface area contributed by atoms with Crippen molar-refractivity contribution in [2.75, 3.05) is 34.9 Å². The van der Waals surface area contributed by atoms with Crippen LogP contribution in [0, 0.1) is 0 Å². The molecule has 0 bridgehead atoms. The molecule has 0 spiro atoms. The molecule has 12 rings (SSSR count). The minimum atomic E-state index is -0.0745. The second-order valence-electron chi connectivity index (χ2n) is 17.1. The number of fused-ring (bicyclic) bond motifs is 10. The van der Waals surface area contributed by atoms with E-state index >= 15 is 0 Å². The van der Waals surface area contributed by atoms with E-state index in [1.165, 1.54) is 51.6 Å². The Morgan fingerprint density at radius 1 is 0.588 bits per heavy atom. The van der Waals surface area contributed by atoms with Gasteiger partial charge in [0.15, 0.2) is 53.0 Å². The highest BCUT2D eigenvalue weighted by molar-refractivity contribution is 6.30. The van der Waals surface area contributed by atoms with Gasteiger partial charge in [-0.3, -0.25) is 4.79 Å². The van der Waals surface area contributed by atoms with Gasteiger partial charge in [0.25, 0.3) is 0 Å². The van der Waals surface area contributed by atoms with Crippen LogP contribution < -0.4 is 67.1 Å². The summed E-state index contributed by atoms with van der Waals surface area (Å²) in [4.78, 5) is 13.1. The molecule has 0 fully saturated rings. The summed E-state index contributed by atoms with van der Waals surface area (Å²) >= 11 is 12.2. The molecule has 5 aliphatic heterocycles. The SMILES string of the molecule is COc1ccc2c(CCc3ccc(Cl)cc3)c3[n+](cc2c1OC)CCc1cc2c(cc1-3)OCO2.COc1ccc2c(CCc3ccc(Cl)cc3)c3n(cc-2c1=O)CCc1cc2c(cc1-3)OCO2.[I-]. The summed E-state index contributed by atoms with van der Waals surface area (Å²) in [6, 6.07) is 32.4. The maximum absolute atomic E-state index is 13.1. The number of methoxy groups -OCH3 is 3. The van der Waals surface area contributed by atoms with Crippen LogP contribution in [0.25, 0.3) is 44.4 Å². The summed E-state index contributed by atoms with van der Waals surface area (Å²) < 4.78 is 44.0. The number of halogens is 3. The molecule has 0 saturated heterocycles. The van der Waals surface area contributed by atoms with Crippen LogP contribution in [0.1, 0.15) is 33.4 Å². The molecule has 13 heteroatoms. The van der Waals surface area contributed by atoms with E-state index in [0.29, 0.717) is 11.3 Å². The highest BCUT2D eigenvalue weighted by atomic mass is 127. The number of hydrogen-bond donors (Lipinski definition) is 0. The number of pyridine rings is 2. The van der Waals surface area contributed by atoms with E-state index in [1.54, 1.807) is 20.3 Å². The maximum atomic E-state index is 13.1. The predicted octanol–water partition coefficient (Wildman–Crippen LogP) is 7.89. The molecular formula is C55H47Cl2IN2O8. The van der Waals surface area contributed by atoms with Crippen molar-refractivity contribution in [1.82, 2.24) is 4.57 Å². The van der Waals surface area contributed by atoms with Crippen LogP contribution in [0.4, 0.5) is 0 Å². The topological polar surface area (TPSA) is 90.5 Å². The molecule has 0 N–H and O–H groups in total. The minimum absolute atomic E-state index is 0. The van der Waals surface area contributed by atoms with Crippen LogP contribution in [-0.4, -0.2) is 39.5 Å². The quantitative estimate of drug-likeness (QED) is 0.107. The fourth-order valence-corrected chi connectivity index (χ4v) is 10.4. The average Bonchev–Trinajstić information content (AvgIpc) is 4.03. The van der Waals surface area contributed by atoms with Crippen LogP contribution >= 0.6 is 23.2 Å². The van der Waals surface area contributed by atoms with E-state index in [9.17, 15) is 4.79 Å². The zero-order chi connectivity index (χ0) is 45.8. The molecule has 0 radical (unpaired) electrons. The molecule has 0 atom stereocenters. The zero-order valence-electron chi connectivity index (χ0n) is 37.8. The molecule has 5 aromatic carbocycles. The Hall–Kier alpha value is -6.15. The van der Waals surface area contributed by atoms with Crippen LogP contribution in [0.15, 0.2) is 114 Å². The molecule has 346 valence electrons. The largest absolute Gasteiger partial charge is 1.00 e. The second-order valence-corrected chi connectivity index (χ2v) is 18.0. The number of aromatic nitrogens is 2. The lowest BCUT2D eigenvalue weighted by Gasteiger charge is -2.29. The number of benzene rings is 6. The van der Waals surface area contributed by atoms with E-state index in [0.717, 1.165) is 124 Å². The van der Waals surface area contributed by atoms with Gasteiger partial charge in [-0.2, -0.15) is 4.57 Å². The van der Waals surface area contributed by atoms with Crippen molar-refractivity contribution in [2.24, 2.45) is 0 Å². The first-order valence-electron chi connectivity index (χ1n) is 22.5. The first-order valence-corrected chi connectivity index (χ1v) is 23.2. The van der Waals surface area contributed by atoms with Gasteiger partial charge in [0.2, 0.25) is 24.7 Å². The Bertz CT molecular complexity index is 3270. The molecule has 1 aliphatic carbocycles. The highest BCUT2D eigenvalue weighted by Gasteiger charge is 2.33. The number of nitrogens with zero attached hydrogens (tertiary/aromatic N) is 2. The van der Waals surface area contributed by atoms with E-state index in [-0.39, 0.29) is 43.0 Å². The molecule has 1 aromatic heterocycles. The van der Waals surface area contributed by atoms with Crippen molar-refractivity contribution in [3.63, 3.8) is 0 Å². The van der Waals surface area contributed by atoms with Crippen molar-refractivity contribution >= 4 is 34.0 Å². The summed E-state index contributed by atoms with van der Waals surface area (Å²) in [7, 11) is 4.91. The fourth-order valence-electron chi connectivity index (χ4n) is 10.2. The van der Waals surface area contributed by atoms with Gasteiger partial charge in [-0.05, 0) is 138 Å². The monoisotopic (exact) mass is 1060 g/mol. The fraction of sp³-hybridized carbons (Fsp3) is 0.236. The average molecular weight is 1060 g/mol. The first-order chi connectivity index (χ1) is 32.8. The Labute approximate surface area is 421 Å². The van der Waals surface area contributed by atoms with Gasteiger partial charge >= 0.3 is 0 Å². The van der Waals surface area contributed by atoms with Crippen LogP contribution in [0.3, 0.4) is 0 Å². The summed E-state index contributed by atoms with van der Waals surface area (Å²) in [5.74, 6) is 5.08. The first kappa shape index (κ1) is 45.6. The zero-order valence-corrected chi connectivity index (χ0v) is 41.4. The summed E-state index contributed by atoms with van der Waals surface area (Å²) in [5.41, 5.74) is 13.7. The Morgan fingerprint density at radius 2 is 1.16 bits per heavy atom. The number of hydrogen-bond acceptors (Lipinski definition) is 8. The summed E-state index contributed by atoms with van der Waals surface area (Å²) in [6.45, 7) is 2.20. The molecule has 10 nitrogen and oxygen atoms in total. The molecule has 0 unspecified atom stereocenters. The number of ether oxygens (including phenoxy) is 7. The normalized spacial score (nSPS) is 13.4. The lowest BCUT2D eigenvalue weighted by atomic mass is 9.86. The van der Waals surface area contributed by atoms with Crippen molar-refractivity contribution in [2.45, 2.75) is 51.6 Å². The second kappa shape index (κ2) is 19.1. The molecule has 0 saturated carbocycles. The van der Waals surface area contributed by atoms with Crippen LogP contribution in [0.2, 0.25) is 10.0 Å². The van der Waals surface area contributed by atoms with Gasteiger partial charge in [0.05, 0.1) is 38.0 Å². The van der Waals surface area contributed by atoms with Gasteiger partial charge in [-0.15, -0.1) is 0 Å². The highest BCUT2D eigenvalue weighted by Crippen LogP contribution is 2.46.